The minimum Gasteiger partial charge on any atom is -0.369 e. The van der Waals surface area contributed by atoms with Crippen LogP contribution >= 0.6 is 11.6 Å². The highest BCUT2D eigenvalue weighted by molar-refractivity contribution is 6.33. The Morgan fingerprint density at radius 1 is 1.72 bits per heavy atom. The van der Waals surface area contributed by atoms with Gasteiger partial charge >= 0.3 is 0 Å². The second-order valence-corrected chi connectivity index (χ2v) is 4.64. The number of carbonyl (C=O) groups excluding carboxylic acids is 1. The van der Waals surface area contributed by atoms with E-state index in [1.807, 2.05) is 0 Å². The lowest BCUT2D eigenvalue weighted by atomic mass is 10.1. The molecule has 0 aliphatic heterocycles. The molecule has 0 saturated carbocycles. The third-order valence-corrected chi connectivity index (χ3v) is 2.72. The maximum Gasteiger partial charge on any atom is 0.287 e. The minimum absolute atomic E-state index is 0.0406. The van der Waals surface area contributed by atoms with Crippen molar-refractivity contribution in [1.29, 1.82) is 0 Å². The SMILES string of the molecule is C=CCn1ncc(NC(C)(C)C(N)=O)c(Cl)c1=O. The molecule has 0 fully saturated rings. The van der Waals surface area contributed by atoms with Gasteiger partial charge in [-0.1, -0.05) is 17.7 Å². The number of nitrogens with zero attached hydrogens (tertiary/aromatic N) is 2. The molecule has 98 valence electrons. The van der Waals surface area contributed by atoms with Gasteiger partial charge in [-0.3, -0.25) is 9.59 Å². The first-order valence-corrected chi connectivity index (χ1v) is 5.62. The van der Waals surface area contributed by atoms with Crippen molar-refractivity contribution < 1.29 is 4.79 Å². The van der Waals surface area contributed by atoms with E-state index >= 15 is 0 Å². The lowest BCUT2D eigenvalue weighted by Crippen LogP contribution is -2.45. The molecule has 0 spiro atoms. The standard InChI is InChI=1S/C11H15ClN4O2/c1-4-5-16-9(17)8(12)7(6-14-16)15-11(2,3)10(13)18/h4,6,15H,1,5H2,2-3H3,(H2,13,18). The van der Waals surface area contributed by atoms with Crippen molar-refractivity contribution in [2.24, 2.45) is 5.73 Å². The zero-order valence-electron chi connectivity index (χ0n) is 10.2. The summed E-state index contributed by atoms with van der Waals surface area (Å²) < 4.78 is 1.16. The Bertz CT molecular complexity index is 536. The number of hydrogen-bond acceptors (Lipinski definition) is 4. The number of nitrogens with two attached hydrogens (primary N) is 1. The quantitative estimate of drug-likeness (QED) is 0.773. The molecule has 1 rings (SSSR count). The monoisotopic (exact) mass is 270 g/mol. The van der Waals surface area contributed by atoms with Crippen molar-refractivity contribution >= 4 is 23.2 Å². The van der Waals surface area contributed by atoms with Gasteiger partial charge in [-0.15, -0.1) is 6.58 Å². The van der Waals surface area contributed by atoms with Crippen molar-refractivity contribution in [3.63, 3.8) is 0 Å². The van der Waals surface area contributed by atoms with Gasteiger partial charge in [0.2, 0.25) is 5.91 Å². The van der Waals surface area contributed by atoms with Crippen LogP contribution in [0, 0.1) is 0 Å². The molecular formula is C11H15ClN4O2. The predicted octanol–water partition coefficient (Wildman–Crippen LogP) is 0.758. The highest BCUT2D eigenvalue weighted by Gasteiger charge is 2.26. The van der Waals surface area contributed by atoms with Gasteiger partial charge in [0, 0.05) is 0 Å². The zero-order chi connectivity index (χ0) is 13.9. The van der Waals surface area contributed by atoms with Crippen LogP contribution in [-0.2, 0) is 11.3 Å². The van der Waals surface area contributed by atoms with Gasteiger partial charge in [-0.25, -0.2) is 4.68 Å². The van der Waals surface area contributed by atoms with E-state index in [0.29, 0.717) is 0 Å². The molecule has 0 bridgehead atoms. The number of carbonyl (C=O) groups is 1. The molecule has 0 saturated heterocycles. The first kappa shape index (κ1) is 14.2. The van der Waals surface area contributed by atoms with Crippen LogP contribution < -0.4 is 16.6 Å². The molecule has 1 heterocycles. The molecule has 0 unspecified atom stereocenters. The van der Waals surface area contributed by atoms with Crippen LogP contribution in [-0.4, -0.2) is 21.2 Å². The third kappa shape index (κ3) is 2.89. The fourth-order valence-corrected chi connectivity index (χ4v) is 1.40. The van der Waals surface area contributed by atoms with Gasteiger partial charge in [0.05, 0.1) is 18.4 Å². The summed E-state index contributed by atoms with van der Waals surface area (Å²) in [5.74, 6) is -0.561. The van der Waals surface area contributed by atoms with Gasteiger partial charge in [-0.05, 0) is 13.8 Å². The van der Waals surface area contributed by atoms with E-state index in [1.165, 1.54) is 12.3 Å². The summed E-state index contributed by atoms with van der Waals surface area (Å²) in [5, 5.41) is 6.65. The number of anilines is 1. The Labute approximate surface area is 109 Å². The van der Waals surface area contributed by atoms with Crippen LogP contribution in [0.1, 0.15) is 13.8 Å². The Hall–Kier alpha value is -1.82. The third-order valence-electron chi connectivity index (χ3n) is 2.35. The molecule has 1 aromatic heterocycles. The maximum absolute atomic E-state index is 11.8. The van der Waals surface area contributed by atoms with Crippen molar-refractivity contribution in [3.05, 3.63) is 34.2 Å². The van der Waals surface area contributed by atoms with Crippen LogP contribution in [0.4, 0.5) is 5.69 Å². The lowest BCUT2D eigenvalue weighted by Gasteiger charge is -2.23. The van der Waals surface area contributed by atoms with Crippen molar-refractivity contribution in [1.82, 2.24) is 9.78 Å². The Kier molecular flexibility index (Phi) is 4.13. The molecule has 0 aliphatic carbocycles. The summed E-state index contributed by atoms with van der Waals surface area (Å²) in [5.41, 5.74) is 4.01. The Morgan fingerprint density at radius 3 is 2.83 bits per heavy atom. The van der Waals surface area contributed by atoms with E-state index in [4.69, 9.17) is 17.3 Å². The van der Waals surface area contributed by atoms with Gasteiger partial charge in [0.1, 0.15) is 10.6 Å². The Balaban J connectivity index is 3.14. The minimum atomic E-state index is -1.03. The number of amides is 1. The van der Waals surface area contributed by atoms with Crippen LogP contribution in [0.15, 0.2) is 23.6 Å². The van der Waals surface area contributed by atoms with Crippen LogP contribution in [0.3, 0.4) is 0 Å². The van der Waals surface area contributed by atoms with Gasteiger partial charge in [-0.2, -0.15) is 5.10 Å². The molecule has 0 radical (unpaired) electrons. The van der Waals surface area contributed by atoms with E-state index in [-0.39, 0.29) is 17.3 Å². The van der Waals surface area contributed by atoms with Crippen molar-refractivity contribution in [2.45, 2.75) is 25.9 Å². The molecule has 0 atom stereocenters. The number of aromatic nitrogens is 2. The van der Waals surface area contributed by atoms with Crippen molar-refractivity contribution in [2.75, 3.05) is 5.32 Å². The number of rotatable bonds is 5. The molecule has 1 aromatic rings. The topological polar surface area (TPSA) is 90.0 Å². The Morgan fingerprint density at radius 2 is 2.33 bits per heavy atom. The second-order valence-electron chi connectivity index (χ2n) is 4.26. The zero-order valence-corrected chi connectivity index (χ0v) is 11.0. The number of nitrogens with one attached hydrogen (secondary N) is 1. The van der Waals surface area contributed by atoms with E-state index in [2.05, 4.69) is 17.0 Å². The summed E-state index contributed by atoms with van der Waals surface area (Å²) in [7, 11) is 0. The van der Waals surface area contributed by atoms with Crippen LogP contribution in [0.2, 0.25) is 5.02 Å². The van der Waals surface area contributed by atoms with Crippen LogP contribution in [0.25, 0.3) is 0 Å². The van der Waals surface area contributed by atoms with E-state index in [9.17, 15) is 9.59 Å². The molecule has 1 amide bonds. The number of halogens is 1. The molecular weight excluding hydrogens is 256 g/mol. The highest BCUT2D eigenvalue weighted by Crippen LogP contribution is 2.20. The normalized spacial score (nSPS) is 11.1. The first-order valence-electron chi connectivity index (χ1n) is 5.24. The largest absolute Gasteiger partial charge is 0.369 e. The van der Waals surface area contributed by atoms with Crippen molar-refractivity contribution in [3.8, 4) is 0 Å². The molecule has 7 heteroatoms. The van der Waals surface area contributed by atoms with Gasteiger partial charge in [0.25, 0.3) is 5.56 Å². The number of primary amides is 1. The average Bonchev–Trinajstić information content (AvgIpc) is 2.28. The summed E-state index contributed by atoms with van der Waals surface area (Å²) in [4.78, 5) is 23.0. The summed E-state index contributed by atoms with van der Waals surface area (Å²) in [6.45, 7) is 6.94. The molecule has 0 aromatic carbocycles. The molecule has 0 aliphatic rings. The van der Waals surface area contributed by atoms with E-state index < -0.39 is 17.0 Å². The molecule has 18 heavy (non-hydrogen) atoms. The van der Waals surface area contributed by atoms with E-state index in [0.717, 1.165) is 4.68 Å². The van der Waals surface area contributed by atoms with Crippen LogP contribution in [0.5, 0.6) is 0 Å². The summed E-state index contributed by atoms with van der Waals surface area (Å²) in [6, 6.07) is 0. The second kappa shape index (κ2) is 5.22. The first-order chi connectivity index (χ1) is 8.29. The summed E-state index contributed by atoms with van der Waals surface area (Å²) in [6.07, 6.45) is 2.91. The summed E-state index contributed by atoms with van der Waals surface area (Å²) >= 11 is 5.92. The number of allylic oxidation sites excluding steroid dienone is 1. The van der Waals surface area contributed by atoms with Gasteiger partial charge in [0.15, 0.2) is 0 Å². The smallest absolute Gasteiger partial charge is 0.287 e. The van der Waals surface area contributed by atoms with Gasteiger partial charge < -0.3 is 11.1 Å². The fraction of sp³-hybridized carbons (Fsp3) is 0.364. The lowest BCUT2D eigenvalue weighted by molar-refractivity contribution is -0.121. The average molecular weight is 271 g/mol. The molecule has 6 nitrogen and oxygen atoms in total. The number of hydrogen-bond donors (Lipinski definition) is 2. The highest BCUT2D eigenvalue weighted by atomic mass is 35.5. The maximum atomic E-state index is 11.8. The van der Waals surface area contributed by atoms with E-state index in [1.54, 1.807) is 13.8 Å². The fourth-order valence-electron chi connectivity index (χ4n) is 1.20. The molecule has 3 N–H and O–H groups in total. The predicted molar refractivity (Wildman–Crippen MR) is 70.6 cm³/mol.